The number of ether oxygens (including phenoxy) is 13. The number of rotatable bonds is 32. The van der Waals surface area contributed by atoms with Crippen LogP contribution in [0.25, 0.3) is 0 Å². The molecule has 1 heterocycles. The fraction of sp³-hybridized carbons (Fsp3) is 1.00. The third-order valence-corrected chi connectivity index (χ3v) is 7.75. The molecule has 340 valence electrons. The predicted octanol–water partition coefficient (Wildman–Crippen LogP) is 6.26. The minimum absolute atomic E-state index is 0.0182. The molecule has 0 aromatic heterocycles. The van der Waals surface area contributed by atoms with Gasteiger partial charge in [0.25, 0.3) is 0 Å². The summed E-state index contributed by atoms with van der Waals surface area (Å²) in [4.78, 5) is 0. The highest BCUT2D eigenvalue weighted by Gasteiger charge is 2.27. The van der Waals surface area contributed by atoms with Gasteiger partial charge >= 0.3 is 0 Å². The summed E-state index contributed by atoms with van der Waals surface area (Å²) in [6, 6.07) is 0. The number of hydrogen-bond acceptors (Lipinski definition) is 14. The second kappa shape index (κ2) is 65.3. The summed E-state index contributed by atoms with van der Waals surface area (Å²) >= 11 is 0. The number of unbranched alkanes of at least 4 members (excludes halogenated alkanes) is 10. The first kappa shape index (κ1) is 63.6. The van der Waals surface area contributed by atoms with E-state index in [-0.39, 0.29) is 24.9 Å². The van der Waals surface area contributed by atoms with Crippen LogP contribution in [0.3, 0.4) is 0 Å². The van der Waals surface area contributed by atoms with Gasteiger partial charge in [0.05, 0.1) is 39.1 Å². The fourth-order valence-corrected chi connectivity index (χ4v) is 4.51. The van der Waals surface area contributed by atoms with Crippen molar-refractivity contribution in [2.24, 2.45) is 0 Å². The summed E-state index contributed by atoms with van der Waals surface area (Å²) in [5.74, 6) is 0. The lowest BCUT2D eigenvalue weighted by Crippen LogP contribution is -2.27. The van der Waals surface area contributed by atoms with Crippen LogP contribution in [0.1, 0.15) is 89.9 Å². The minimum Gasteiger partial charge on any atom is -0.394 e. The summed E-state index contributed by atoms with van der Waals surface area (Å²) in [5, 5.41) is 8.45. The largest absolute Gasteiger partial charge is 0.394 e. The summed E-state index contributed by atoms with van der Waals surface area (Å²) in [6.45, 7) is 8.45. The van der Waals surface area contributed by atoms with Crippen LogP contribution in [0.5, 0.6) is 0 Å². The molecule has 1 fully saturated rings. The number of methoxy groups -OCH3 is 12. The molecule has 0 saturated carbocycles. The highest BCUT2D eigenvalue weighted by atomic mass is 16.6. The summed E-state index contributed by atoms with van der Waals surface area (Å²) in [7, 11) is 20.2. The Morgan fingerprint density at radius 3 is 1.05 bits per heavy atom. The molecule has 0 amide bonds. The van der Waals surface area contributed by atoms with Gasteiger partial charge in [0.2, 0.25) is 0 Å². The third kappa shape index (κ3) is 65.6. The van der Waals surface area contributed by atoms with Gasteiger partial charge in [-0.2, -0.15) is 0 Å². The van der Waals surface area contributed by atoms with Crippen LogP contribution in [0, 0.1) is 0 Å². The zero-order valence-electron chi connectivity index (χ0n) is 37.9. The lowest BCUT2D eigenvalue weighted by Gasteiger charge is -2.15. The molecule has 0 radical (unpaired) electrons. The number of aliphatic hydroxyl groups excluding tert-OH is 1. The van der Waals surface area contributed by atoms with Gasteiger partial charge in [0, 0.05) is 132 Å². The lowest BCUT2D eigenvalue weighted by molar-refractivity contribution is -0.0259. The molecule has 1 saturated heterocycles. The van der Waals surface area contributed by atoms with Crippen LogP contribution < -0.4 is 0 Å². The summed E-state index contributed by atoms with van der Waals surface area (Å²) in [6.07, 6.45) is 17.9. The quantitative estimate of drug-likeness (QED) is 0.0765. The van der Waals surface area contributed by atoms with E-state index >= 15 is 0 Å². The van der Waals surface area contributed by atoms with E-state index in [1.165, 1.54) is 64.2 Å². The molecular weight excluding hydrogens is 716 g/mol. The molecule has 0 aliphatic carbocycles. The molecule has 0 bridgehead atoms. The zero-order valence-corrected chi connectivity index (χ0v) is 37.9. The average Bonchev–Trinajstić information content (AvgIpc) is 3.67. The Morgan fingerprint density at radius 1 is 0.436 bits per heavy atom. The molecule has 55 heavy (non-hydrogen) atoms. The van der Waals surface area contributed by atoms with Crippen molar-refractivity contribution in [3.05, 3.63) is 0 Å². The van der Waals surface area contributed by atoms with E-state index < -0.39 is 0 Å². The first-order valence-electron chi connectivity index (χ1n) is 20.1. The molecule has 14 nitrogen and oxygen atoms in total. The van der Waals surface area contributed by atoms with Gasteiger partial charge in [-0.15, -0.1) is 0 Å². The van der Waals surface area contributed by atoms with Gasteiger partial charge < -0.3 is 66.7 Å². The standard InChI is InChI=1S/C14H30O2.C7H14O3.C6H14O2.C5H12O3.C5H12O2.C4H10O2/c1-15-13-11-9-7-5-3-4-6-8-10-12-14-16-2;1-8-5-7-6(9-2)3-4-10-7;1-7-5-3-4-6-8-2;1-7-4-5(3-6)8-2;1-6-4-3-5-7-2;1-5-3-4-6-2/h3-14H2,1-2H3;6-7H,3-5H2,1-2H3;3-6H2,1-2H3;5-6H,3-4H2,1-2H3;3-5H2,1-2H3;3-4H2,1-2H3. The van der Waals surface area contributed by atoms with E-state index in [9.17, 15) is 0 Å². The van der Waals surface area contributed by atoms with Crippen molar-refractivity contribution in [1.82, 2.24) is 0 Å². The van der Waals surface area contributed by atoms with E-state index in [4.69, 9.17) is 57.2 Å². The molecule has 1 aliphatic rings. The second-order valence-corrected chi connectivity index (χ2v) is 12.5. The van der Waals surface area contributed by atoms with Crippen LogP contribution in [-0.4, -0.2) is 188 Å². The van der Waals surface area contributed by atoms with Crippen molar-refractivity contribution in [3.8, 4) is 0 Å². The fourth-order valence-electron chi connectivity index (χ4n) is 4.51. The van der Waals surface area contributed by atoms with Crippen LogP contribution in [0.2, 0.25) is 0 Å². The topological polar surface area (TPSA) is 140 Å². The van der Waals surface area contributed by atoms with Crippen molar-refractivity contribution < 1.29 is 66.7 Å². The Kier molecular flexibility index (Phi) is 75.5. The van der Waals surface area contributed by atoms with Crippen LogP contribution in [0.15, 0.2) is 0 Å². The summed E-state index contributed by atoms with van der Waals surface area (Å²) in [5.41, 5.74) is 0. The van der Waals surface area contributed by atoms with Gasteiger partial charge in [-0.05, 0) is 38.5 Å². The molecule has 0 spiro atoms. The van der Waals surface area contributed by atoms with E-state index in [0.717, 1.165) is 71.9 Å². The SMILES string of the molecule is COCC(CO)OC.COCC1OCCC1OC.COCCCCCCCCCCCCOC.COCCCCOC.COCCCOC.COCCOC. The van der Waals surface area contributed by atoms with Crippen LogP contribution in [-0.2, 0) is 61.6 Å². The highest BCUT2D eigenvalue weighted by Crippen LogP contribution is 2.16. The van der Waals surface area contributed by atoms with E-state index in [0.29, 0.717) is 26.4 Å². The Labute approximate surface area is 339 Å². The van der Waals surface area contributed by atoms with Gasteiger partial charge in [0.1, 0.15) is 12.2 Å². The molecule has 1 N–H and O–H groups in total. The second-order valence-electron chi connectivity index (χ2n) is 12.5. The Bertz CT molecular complexity index is 549. The van der Waals surface area contributed by atoms with Gasteiger partial charge in [0.15, 0.2) is 0 Å². The molecule has 14 heteroatoms. The molecule has 3 atom stereocenters. The maximum absolute atomic E-state index is 8.45. The first-order valence-corrected chi connectivity index (χ1v) is 20.1. The maximum Gasteiger partial charge on any atom is 0.107 e. The normalized spacial score (nSPS) is 14.8. The van der Waals surface area contributed by atoms with Crippen molar-refractivity contribution in [1.29, 1.82) is 0 Å². The summed E-state index contributed by atoms with van der Waals surface area (Å²) < 4.78 is 63.5. The lowest BCUT2D eigenvalue weighted by atomic mass is 10.1. The first-order chi connectivity index (χ1) is 26.9. The van der Waals surface area contributed by atoms with E-state index in [2.05, 4.69) is 9.47 Å². The minimum atomic E-state index is -0.167. The maximum atomic E-state index is 8.45. The predicted molar refractivity (Wildman–Crippen MR) is 222 cm³/mol. The number of hydrogen-bond donors (Lipinski definition) is 1. The van der Waals surface area contributed by atoms with Crippen molar-refractivity contribution >= 4 is 0 Å². The van der Waals surface area contributed by atoms with Crippen molar-refractivity contribution in [2.45, 2.75) is 108 Å². The smallest absolute Gasteiger partial charge is 0.107 e. The monoisotopic (exact) mass is 809 g/mol. The average molecular weight is 809 g/mol. The van der Waals surface area contributed by atoms with Crippen LogP contribution >= 0.6 is 0 Å². The van der Waals surface area contributed by atoms with Crippen LogP contribution in [0.4, 0.5) is 0 Å². The van der Waals surface area contributed by atoms with Gasteiger partial charge in [-0.1, -0.05) is 51.4 Å². The highest BCUT2D eigenvalue weighted by molar-refractivity contribution is 4.75. The molecule has 0 aromatic carbocycles. The Morgan fingerprint density at radius 2 is 0.782 bits per heavy atom. The van der Waals surface area contributed by atoms with E-state index in [1.807, 2.05) is 0 Å². The molecule has 1 aliphatic heterocycles. The zero-order chi connectivity index (χ0) is 42.3. The molecule has 1 rings (SSSR count). The van der Waals surface area contributed by atoms with Gasteiger partial charge in [-0.3, -0.25) is 0 Å². The molecule has 3 unspecified atom stereocenters. The third-order valence-electron chi connectivity index (χ3n) is 7.75. The van der Waals surface area contributed by atoms with Crippen molar-refractivity contribution in [3.63, 3.8) is 0 Å². The number of aliphatic hydroxyl groups is 1. The van der Waals surface area contributed by atoms with Crippen molar-refractivity contribution in [2.75, 3.05) is 165 Å². The molecule has 0 aromatic rings. The van der Waals surface area contributed by atoms with Gasteiger partial charge in [-0.25, -0.2) is 0 Å². The Balaban J connectivity index is -0.000000189. The Hall–Kier alpha value is -0.560. The molecular formula is C41H92O14. The van der Waals surface area contributed by atoms with E-state index in [1.54, 1.807) is 85.3 Å².